The zero-order valence-corrected chi connectivity index (χ0v) is 14.2. The first-order chi connectivity index (χ1) is 11.0. The van der Waals surface area contributed by atoms with Crippen molar-refractivity contribution in [2.24, 2.45) is 7.05 Å². The first-order valence-corrected chi connectivity index (χ1v) is 8.01. The lowest BCUT2D eigenvalue weighted by atomic mass is 10.2. The average molecular weight is 316 g/mol. The quantitative estimate of drug-likeness (QED) is 0.846. The fourth-order valence-corrected chi connectivity index (χ4v) is 2.10. The number of nitrogens with zero attached hydrogens (tertiary/aromatic N) is 5. The molecule has 0 aliphatic rings. The number of aryl methyl sites for hydroxylation is 2. The SMILES string of the molecule is CCCCc1ccnc(NC(=O)Cc2nc(C(C)C)nn2C)n1. The normalized spacial score (nSPS) is 11.0. The number of carbonyl (C=O) groups excluding carboxylic acids is 1. The van der Waals surface area contributed by atoms with Crippen molar-refractivity contribution in [3.8, 4) is 0 Å². The van der Waals surface area contributed by atoms with Crippen LogP contribution in [0.5, 0.6) is 0 Å². The molecule has 23 heavy (non-hydrogen) atoms. The average Bonchev–Trinajstić information content (AvgIpc) is 2.87. The van der Waals surface area contributed by atoms with Crippen molar-refractivity contribution < 1.29 is 4.79 Å². The predicted octanol–water partition coefficient (Wildman–Crippen LogP) is 2.25. The third kappa shape index (κ3) is 4.84. The molecule has 0 atom stereocenters. The summed E-state index contributed by atoms with van der Waals surface area (Å²) in [5, 5.41) is 7.04. The molecule has 0 fully saturated rings. The van der Waals surface area contributed by atoms with Gasteiger partial charge in [0.1, 0.15) is 5.82 Å². The number of aromatic nitrogens is 5. The monoisotopic (exact) mass is 316 g/mol. The Balaban J connectivity index is 1.99. The molecule has 1 amide bonds. The molecule has 2 aromatic rings. The Morgan fingerprint density at radius 2 is 2.13 bits per heavy atom. The van der Waals surface area contributed by atoms with E-state index < -0.39 is 0 Å². The van der Waals surface area contributed by atoms with E-state index in [1.807, 2.05) is 19.9 Å². The number of rotatable bonds is 7. The van der Waals surface area contributed by atoms with Gasteiger partial charge in [-0.3, -0.25) is 14.8 Å². The van der Waals surface area contributed by atoms with E-state index >= 15 is 0 Å². The molecule has 2 aromatic heterocycles. The fraction of sp³-hybridized carbons (Fsp3) is 0.562. The molecule has 7 heteroatoms. The van der Waals surface area contributed by atoms with Crippen molar-refractivity contribution in [3.63, 3.8) is 0 Å². The summed E-state index contributed by atoms with van der Waals surface area (Å²) in [7, 11) is 1.80. The second kappa shape index (κ2) is 7.80. The Morgan fingerprint density at radius 3 is 2.78 bits per heavy atom. The lowest BCUT2D eigenvalue weighted by Crippen LogP contribution is -2.19. The van der Waals surface area contributed by atoms with Crippen LogP contribution in [0.25, 0.3) is 0 Å². The minimum atomic E-state index is -0.191. The minimum absolute atomic E-state index is 0.152. The van der Waals surface area contributed by atoms with Crippen molar-refractivity contribution in [1.29, 1.82) is 0 Å². The molecule has 1 N–H and O–H groups in total. The number of unbranched alkanes of at least 4 members (excludes halogenated alkanes) is 1. The zero-order chi connectivity index (χ0) is 16.8. The van der Waals surface area contributed by atoms with Gasteiger partial charge in [-0.2, -0.15) is 5.10 Å². The van der Waals surface area contributed by atoms with Crippen LogP contribution in [-0.2, 0) is 24.7 Å². The van der Waals surface area contributed by atoms with Gasteiger partial charge >= 0.3 is 0 Å². The molecule has 0 aliphatic carbocycles. The van der Waals surface area contributed by atoms with Crippen LogP contribution in [0.1, 0.15) is 56.9 Å². The van der Waals surface area contributed by atoms with Crippen LogP contribution < -0.4 is 5.32 Å². The van der Waals surface area contributed by atoms with Crippen molar-refractivity contribution in [2.45, 2.75) is 52.4 Å². The highest BCUT2D eigenvalue weighted by atomic mass is 16.1. The van der Waals surface area contributed by atoms with Gasteiger partial charge in [-0.25, -0.2) is 15.0 Å². The van der Waals surface area contributed by atoms with Gasteiger partial charge in [-0.15, -0.1) is 0 Å². The van der Waals surface area contributed by atoms with Crippen LogP contribution in [0.2, 0.25) is 0 Å². The second-order valence-corrected chi connectivity index (χ2v) is 5.86. The van der Waals surface area contributed by atoms with Crippen LogP contribution in [-0.4, -0.2) is 30.6 Å². The van der Waals surface area contributed by atoms with Crippen LogP contribution in [0.3, 0.4) is 0 Å². The van der Waals surface area contributed by atoms with Crippen LogP contribution >= 0.6 is 0 Å². The van der Waals surface area contributed by atoms with Gasteiger partial charge in [0.25, 0.3) is 0 Å². The highest BCUT2D eigenvalue weighted by Crippen LogP contribution is 2.10. The van der Waals surface area contributed by atoms with Crippen LogP contribution in [0.4, 0.5) is 5.95 Å². The van der Waals surface area contributed by atoms with E-state index in [0.29, 0.717) is 11.8 Å². The molecule has 2 rings (SSSR count). The molecule has 2 heterocycles. The molecule has 0 saturated carbocycles. The Morgan fingerprint density at radius 1 is 1.35 bits per heavy atom. The lowest BCUT2D eigenvalue weighted by molar-refractivity contribution is -0.115. The first kappa shape index (κ1) is 17.1. The maximum atomic E-state index is 12.2. The number of amides is 1. The van der Waals surface area contributed by atoms with Gasteiger partial charge < -0.3 is 0 Å². The smallest absolute Gasteiger partial charge is 0.234 e. The molecule has 0 unspecified atom stereocenters. The maximum Gasteiger partial charge on any atom is 0.234 e. The van der Waals surface area contributed by atoms with Gasteiger partial charge in [-0.05, 0) is 18.9 Å². The van der Waals surface area contributed by atoms with Crippen LogP contribution in [0, 0.1) is 0 Å². The van der Waals surface area contributed by atoms with Gasteiger partial charge in [0, 0.05) is 24.9 Å². The molecule has 0 aromatic carbocycles. The van der Waals surface area contributed by atoms with Crippen molar-refractivity contribution in [2.75, 3.05) is 5.32 Å². The molecular formula is C16H24N6O. The largest absolute Gasteiger partial charge is 0.294 e. The summed E-state index contributed by atoms with van der Waals surface area (Å²) in [4.78, 5) is 25.0. The Labute approximate surface area is 136 Å². The Kier molecular flexibility index (Phi) is 5.78. The predicted molar refractivity (Wildman–Crippen MR) is 88.1 cm³/mol. The number of nitrogens with one attached hydrogen (secondary N) is 1. The number of hydrogen-bond donors (Lipinski definition) is 1. The fourth-order valence-electron chi connectivity index (χ4n) is 2.10. The molecule has 0 saturated heterocycles. The van der Waals surface area contributed by atoms with E-state index in [0.717, 1.165) is 30.8 Å². The Bertz CT molecular complexity index is 664. The highest BCUT2D eigenvalue weighted by Gasteiger charge is 2.14. The number of anilines is 1. The number of hydrogen-bond acceptors (Lipinski definition) is 5. The molecular weight excluding hydrogens is 292 g/mol. The van der Waals surface area contributed by atoms with Gasteiger partial charge in [0.05, 0.1) is 6.42 Å². The van der Waals surface area contributed by atoms with E-state index in [2.05, 4.69) is 32.3 Å². The van der Waals surface area contributed by atoms with E-state index in [9.17, 15) is 4.79 Å². The topological polar surface area (TPSA) is 85.6 Å². The summed E-state index contributed by atoms with van der Waals surface area (Å²) in [5.74, 6) is 1.76. The zero-order valence-electron chi connectivity index (χ0n) is 14.2. The highest BCUT2D eigenvalue weighted by molar-refractivity contribution is 5.90. The summed E-state index contributed by atoms with van der Waals surface area (Å²) >= 11 is 0. The molecule has 0 aliphatic heterocycles. The number of carbonyl (C=O) groups is 1. The molecule has 124 valence electrons. The van der Waals surface area contributed by atoms with Gasteiger partial charge in [0.2, 0.25) is 11.9 Å². The molecule has 0 bridgehead atoms. The summed E-state index contributed by atoms with van der Waals surface area (Å²) in [6.45, 7) is 6.18. The Hall–Kier alpha value is -2.31. The minimum Gasteiger partial charge on any atom is -0.294 e. The molecule has 7 nitrogen and oxygen atoms in total. The van der Waals surface area contributed by atoms with Gasteiger partial charge in [-0.1, -0.05) is 27.2 Å². The van der Waals surface area contributed by atoms with Crippen molar-refractivity contribution in [1.82, 2.24) is 24.7 Å². The lowest BCUT2D eigenvalue weighted by Gasteiger charge is -2.05. The molecule has 0 radical (unpaired) electrons. The van der Waals surface area contributed by atoms with Crippen molar-refractivity contribution >= 4 is 11.9 Å². The second-order valence-electron chi connectivity index (χ2n) is 5.86. The third-order valence-electron chi connectivity index (χ3n) is 3.46. The first-order valence-electron chi connectivity index (χ1n) is 8.01. The standard InChI is InChI=1S/C16H24N6O/c1-5-6-7-12-8-9-17-16(18-12)20-14(23)10-13-19-15(11(2)3)21-22(13)4/h8-9,11H,5-7,10H2,1-4H3,(H,17,18,20,23). The van der Waals surface area contributed by atoms with E-state index in [1.165, 1.54) is 0 Å². The van der Waals surface area contributed by atoms with Crippen molar-refractivity contribution in [3.05, 3.63) is 29.6 Å². The summed E-state index contributed by atoms with van der Waals surface area (Å²) in [5.41, 5.74) is 0.943. The summed E-state index contributed by atoms with van der Waals surface area (Å²) in [6.07, 6.45) is 4.89. The van der Waals surface area contributed by atoms with E-state index in [-0.39, 0.29) is 18.2 Å². The van der Waals surface area contributed by atoms with Gasteiger partial charge in [0.15, 0.2) is 5.82 Å². The molecule has 0 spiro atoms. The summed E-state index contributed by atoms with van der Waals surface area (Å²) < 4.78 is 1.65. The maximum absolute atomic E-state index is 12.2. The van der Waals surface area contributed by atoms with Crippen LogP contribution in [0.15, 0.2) is 12.3 Å². The summed E-state index contributed by atoms with van der Waals surface area (Å²) in [6, 6.07) is 1.88. The van der Waals surface area contributed by atoms with E-state index in [4.69, 9.17) is 0 Å². The third-order valence-corrected chi connectivity index (χ3v) is 3.46. The van der Waals surface area contributed by atoms with E-state index in [1.54, 1.807) is 17.9 Å².